The highest BCUT2D eigenvalue weighted by molar-refractivity contribution is 6.32. The average Bonchev–Trinajstić information content (AvgIpc) is 3.53. The standard InChI is InChI=1S/C37H44ClNO6/c1-16(2)29-28(40)31-37(45-31)25(44-29)9-10-33(6)34(7)18(8-11-35(33,37)42)13-20-26-23(39-30(20)34)15-22(38)19-12-17(3)21-14-24(32(4,5)41)36(21,43)27(19)26/h13,15,21,24-25,28-29,31,39-43H,1,3,8-12,14H2,2,4-7H3/t21-,24-,25+,28+,29-,31-,33-,34-,35+,36+,37-/m1/s1. The molecular weight excluding hydrogens is 590 g/mol. The van der Waals surface area contributed by atoms with E-state index in [-0.39, 0.29) is 17.9 Å². The molecule has 7 aliphatic rings. The van der Waals surface area contributed by atoms with Crippen molar-refractivity contribution in [3.8, 4) is 0 Å². The maximum atomic E-state index is 13.0. The number of hydrogen-bond acceptors (Lipinski definition) is 6. The minimum Gasteiger partial charge on any atom is -0.390 e. The molecule has 1 spiro atoms. The topological polar surface area (TPSA) is 118 Å². The van der Waals surface area contributed by atoms with Gasteiger partial charge in [-0.05, 0) is 89.0 Å². The Hall–Kier alpha value is -1.97. The van der Waals surface area contributed by atoms with E-state index >= 15 is 0 Å². The second-order valence-corrected chi connectivity index (χ2v) is 16.8. The SMILES string of the molecule is C=C(C)[C@H]1O[C@H]2CC[C@@]3(C)[C@@](O)(CCC4=Cc5c([nH]c6cc(Cl)c7c(c56)[C@]5(O)[C@H](C[C@@H]5C(C)(C)O)C(=C)C7)[C@@]43C)[C@@]23O[C@@H]3[C@H]1O. The molecular formula is C37H44ClNO6. The van der Waals surface area contributed by atoms with Gasteiger partial charge in [0.2, 0.25) is 0 Å². The Morgan fingerprint density at radius 1 is 1.20 bits per heavy atom. The zero-order valence-corrected chi connectivity index (χ0v) is 27.5. The van der Waals surface area contributed by atoms with Crippen LogP contribution in [0.2, 0.25) is 5.02 Å². The van der Waals surface area contributed by atoms with Crippen LogP contribution < -0.4 is 0 Å². The first-order valence-electron chi connectivity index (χ1n) is 16.6. The van der Waals surface area contributed by atoms with E-state index in [0.717, 1.165) is 44.4 Å². The summed E-state index contributed by atoms with van der Waals surface area (Å²) in [7, 11) is 0. The second-order valence-electron chi connectivity index (χ2n) is 16.4. The van der Waals surface area contributed by atoms with Crippen LogP contribution in [0.3, 0.4) is 0 Å². The van der Waals surface area contributed by atoms with Gasteiger partial charge in [-0.1, -0.05) is 48.9 Å². The highest BCUT2D eigenvalue weighted by Crippen LogP contribution is 2.75. The van der Waals surface area contributed by atoms with E-state index in [1.54, 1.807) is 13.8 Å². The van der Waals surface area contributed by atoms with Crippen LogP contribution in [-0.2, 0) is 26.9 Å². The molecule has 45 heavy (non-hydrogen) atoms. The Labute approximate surface area is 269 Å². The number of benzene rings is 1. The van der Waals surface area contributed by atoms with E-state index < -0.39 is 51.5 Å². The van der Waals surface area contributed by atoms with Crippen LogP contribution in [0, 0.1) is 17.3 Å². The molecule has 5 fully saturated rings. The minimum atomic E-state index is -1.29. The van der Waals surface area contributed by atoms with Crippen LogP contribution >= 0.6 is 11.6 Å². The molecule has 3 saturated carbocycles. The number of hydrogen-bond donors (Lipinski definition) is 5. The largest absolute Gasteiger partial charge is 0.390 e. The third-order valence-corrected chi connectivity index (χ3v) is 14.6. The number of H-pyrrole nitrogens is 1. The van der Waals surface area contributed by atoms with Crippen molar-refractivity contribution in [1.29, 1.82) is 0 Å². The summed E-state index contributed by atoms with van der Waals surface area (Å²) >= 11 is 7.00. The Balaban J connectivity index is 1.23. The number of fused-ring (bicyclic) bond motifs is 11. The van der Waals surface area contributed by atoms with Gasteiger partial charge in [0.25, 0.3) is 0 Å². The number of halogens is 1. The van der Waals surface area contributed by atoms with E-state index in [9.17, 15) is 20.4 Å². The number of epoxide rings is 1. The first-order valence-corrected chi connectivity index (χ1v) is 16.9. The fraction of sp³-hybridized carbons (Fsp3) is 0.622. The van der Waals surface area contributed by atoms with Crippen molar-refractivity contribution >= 4 is 28.6 Å². The maximum Gasteiger partial charge on any atom is 0.153 e. The number of rotatable bonds is 2. The molecule has 2 aromatic rings. The number of aliphatic hydroxyl groups excluding tert-OH is 1. The van der Waals surface area contributed by atoms with E-state index in [1.807, 2.05) is 13.0 Å². The molecule has 11 atom stereocenters. The van der Waals surface area contributed by atoms with Crippen molar-refractivity contribution in [3.05, 3.63) is 63.4 Å². The van der Waals surface area contributed by atoms with Crippen molar-refractivity contribution in [1.82, 2.24) is 4.98 Å². The molecule has 240 valence electrons. The Morgan fingerprint density at radius 2 is 1.93 bits per heavy atom. The number of aromatic nitrogens is 1. The van der Waals surface area contributed by atoms with Gasteiger partial charge in [0.1, 0.15) is 29.5 Å². The summed E-state index contributed by atoms with van der Waals surface area (Å²) in [6.45, 7) is 18.2. The van der Waals surface area contributed by atoms with Gasteiger partial charge in [-0.15, -0.1) is 0 Å². The first kappa shape index (κ1) is 29.2. The molecule has 2 saturated heterocycles. The Kier molecular flexibility index (Phi) is 5.30. The van der Waals surface area contributed by atoms with Crippen molar-refractivity contribution in [2.24, 2.45) is 17.3 Å². The quantitative estimate of drug-likeness (QED) is 0.225. The summed E-state index contributed by atoms with van der Waals surface area (Å²) in [4.78, 5) is 3.78. The minimum absolute atomic E-state index is 0.151. The van der Waals surface area contributed by atoms with Gasteiger partial charge in [0.05, 0.1) is 11.7 Å². The second kappa shape index (κ2) is 8.18. The van der Waals surface area contributed by atoms with Crippen LogP contribution in [0.25, 0.3) is 17.0 Å². The van der Waals surface area contributed by atoms with E-state index in [0.29, 0.717) is 43.5 Å². The normalized spacial score (nSPS) is 47.3. The fourth-order valence-corrected chi connectivity index (χ4v) is 12.0. The summed E-state index contributed by atoms with van der Waals surface area (Å²) < 4.78 is 12.9. The Morgan fingerprint density at radius 3 is 2.62 bits per heavy atom. The average molecular weight is 634 g/mol. The summed E-state index contributed by atoms with van der Waals surface area (Å²) in [6, 6.07) is 1.97. The summed E-state index contributed by atoms with van der Waals surface area (Å²) in [5, 5.41) is 49.7. The van der Waals surface area contributed by atoms with E-state index in [1.165, 1.54) is 5.57 Å². The van der Waals surface area contributed by atoms with Crippen LogP contribution in [0.1, 0.15) is 89.1 Å². The Bertz CT molecular complexity index is 1800. The predicted octanol–water partition coefficient (Wildman–Crippen LogP) is 5.35. The zero-order valence-electron chi connectivity index (χ0n) is 26.8. The summed E-state index contributed by atoms with van der Waals surface area (Å²) in [5.41, 5.74) is 1.75. The van der Waals surface area contributed by atoms with Gasteiger partial charge < -0.3 is 34.9 Å². The van der Waals surface area contributed by atoms with Gasteiger partial charge >= 0.3 is 0 Å². The molecule has 9 rings (SSSR count). The molecule has 3 heterocycles. The highest BCUT2D eigenvalue weighted by Gasteiger charge is 2.85. The number of nitrogens with one attached hydrogen (secondary N) is 1. The van der Waals surface area contributed by atoms with Gasteiger partial charge in [-0.3, -0.25) is 0 Å². The number of aromatic amines is 1. The highest BCUT2D eigenvalue weighted by atomic mass is 35.5. The van der Waals surface area contributed by atoms with Crippen molar-refractivity contribution in [2.45, 2.75) is 125 Å². The van der Waals surface area contributed by atoms with Crippen LogP contribution in [0.15, 0.2) is 35.9 Å². The third kappa shape index (κ3) is 2.91. The van der Waals surface area contributed by atoms with E-state index in [4.69, 9.17) is 21.1 Å². The molecule has 2 aliphatic heterocycles. The van der Waals surface area contributed by atoms with Gasteiger partial charge in [-0.25, -0.2) is 0 Å². The lowest BCUT2D eigenvalue weighted by Gasteiger charge is -2.65. The lowest BCUT2D eigenvalue weighted by molar-refractivity contribution is -0.249. The molecule has 1 aromatic heterocycles. The van der Waals surface area contributed by atoms with Crippen LogP contribution in [-0.4, -0.2) is 66.6 Å². The fourth-order valence-electron chi connectivity index (χ4n) is 11.7. The summed E-state index contributed by atoms with van der Waals surface area (Å²) in [5.74, 6) is -0.520. The van der Waals surface area contributed by atoms with Crippen molar-refractivity contribution in [3.63, 3.8) is 0 Å². The van der Waals surface area contributed by atoms with Gasteiger partial charge in [0, 0.05) is 49.8 Å². The predicted molar refractivity (Wildman–Crippen MR) is 172 cm³/mol. The molecule has 0 unspecified atom stereocenters. The molecule has 0 amide bonds. The monoisotopic (exact) mass is 633 g/mol. The van der Waals surface area contributed by atoms with Crippen molar-refractivity contribution in [2.75, 3.05) is 0 Å². The smallest absolute Gasteiger partial charge is 0.153 e. The van der Waals surface area contributed by atoms with Crippen LogP contribution in [0.4, 0.5) is 0 Å². The molecule has 0 bridgehead atoms. The molecule has 1 aromatic carbocycles. The first-order chi connectivity index (χ1) is 21.0. The summed E-state index contributed by atoms with van der Waals surface area (Å²) in [6.07, 6.45) is 3.90. The van der Waals surface area contributed by atoms with Gasteiger partial charge in [-0.2, -0.15) is 0 Å². The molecule has 7 nitrogen and oxygen atoms in total. The molecule has 5 N–H and O–H groups in total. The number of allylic oxidation sites excluding steroid dienone is 1. The molecule has 5 aliphatic carbocycles. The zero-order chi connectivity index (χ0) is 32.0. The lowest BCUT2D eigenvalue weighted by atomic mass is 9.41. The van der Waals surface area contributed by atoms with E-state index in [2.05, 4.69) is 38.1 Å². The van der Waals surface area contributed by atoms with Crippen molar-refractivity contribution < 1.29 is 29.9 Å². The van der Waals surface area contributed by atoms with Crippen LogP contribution in [0.5, 0.6) is 0 Å². The lowest BCUT2D eigenvalue weighted by Crippen LogP contribution is -2.75. The third-order valence-electron chi connectivity index (χ3n) is 14.2. The number of ether oxygens (including phenoxy) is 2. The van der Waals surface area contributed by atoms with Gasteiger partial charge in [0.15, 0.2) is 5.60 Å². The number of aliphatic hydroxyl groups is 4. The molecule has 8 heteroatoms. The maximum absolute atomic E-state index is 13.0. The molecule has 0 radical (unpaired) electrons.